The van der Waals surface area contributed by atoms with Gasteiger partial charge in [-0.2, -0.15) is 0 Å². The predicted molar refractivity (Wildman–Crippen MR) is 103 cm³/mol. The minimum Gasteiger partial charge on any atom is -0.497 e. The molecule has 0 atom stereocenters. The monoisotopic (exact) mass is 347 g/mol. The zero-order valence-electron chi connectivity index (χ0n) is 14.9. The molecule has 0 heterocycles. The lowest BCUT2D eigenvalue weighted by Gasteiger charge is -2.13. The number of rotatable bonds is 6. The van der Waals surface area contributed by atoms with Crippen LogP contribution in [-0.2, 0) is 6.61 Å². The van der Waals surface area contributed by atoms with Gasteiger partial charge in [-0.3, -0.25) is 4.79 Å². The van der Waals surface area contributed by atoms with Gasteiger partial charge in [0.05, 0.1) is 12.7 Å². The van der Waals surface area contributed by atoms with Crippen LogP contribution in [0.25, 0.3) is 0 Å². The Bertz CT molecular complexity index is 891. The van der Waals surface area contributed by atoms with Crippen LogP contribution in [0.15, 0.2) is 72.8 Å². The average molecular weight is 347 g/mol. The number of ether oxygens (including phenoxy) is 2. The third-order valence-electron chi connectivity index (χ3n) is 4.05. The number of para-hydroxylation sites is 1. The highest BCUT2D eigenvalue weighted by molar-refractivity contribution is 6.06. The molecule has 0 saturated carbocycles. The molecule has 26 heavy (non-hydrogen) atoms. The van der Waals surface area contributed by atoms with Crippen molar-refractivity contribution in [3.63, 3.8) is 0 Å². The molecule has 3 rings (SSSR count). The van der Waals surface area contributed by atoms with Crippen molar-refractivity contribution in [3.8, 4) is 11.5 Å². The Hall–Kier alpha value is -3.27. The Balaban J connectivity index is 1.75. The number of carbonyl (C=O) groups is 1. The maximum absolute atomic E-state index is 12.7. The van der Waals surface area contributed by atoms with Crippen LogP contribution in [0.3, 0.4) is 0 Å². The van der Waals surface area contributed by atoms with Gasteiger partial charge in [0.15, 0.2) is 0 Å². The van der Waals surface area contributed by atoms with Crippen molar-refractivity contribution in [3.05, 3.63) is 89.5 Å². The average Bonchev–Trinajstić information content (AvgIpc) is 2.69. The second-order valence-electron chi connectivity index (χ2n) is 5.91. The zero-order chi connectivity index (χ0) is 18.4. The number of anilines is 1. The topological polar surface area (TPSA) is 47.6 Å². The van der Waals surface area contributed by atoms with Crippen LogP contribution in [0.5, 0.6) is 11.5 Å². The Morgan fingerprint density at radius 3 is 2.42 bits per heavy atom. The summed E-state index contributed by atoms with van der Waals surface area (Å²) in [7, 11) is 1.62. The van der Waals surface area contributed by atoms with Crippen LogP contribution in [0.2, 0.25) is 0 Å². The van der Waals surface area contributed by atoms with E-state index in [-0.39, 0.29) is 5.91 Å². The van der Waals surface area contributed by atoms with Crippen LogP contribution >= 0.6 is 0 Å². The van der Waals surface area contributed by atoms with Gasteiger partial charge in [-0.25, -0.2) is 0 Å². The number of hydrogen-bond donors (Lipinski definition) is 1. The predicted octanol–water partition coefficient (Wildman–Crippen LogP) is 4.83. The molecule has 3 aromatic carbocycles. The first-order chi connectivity index (χ1) is 12.7. The molecule has 1 N–H and O–H groups in total. The Morgan fingerprint density at radius 1 is 0.962 bits per heavy atom. The highest BCUT2D eigenvalue weighted by Crippen LogP contribution is 2.24. The first-order valence-electron chi connectivity index (χ1n) is 8.39. The smallest absolute Gasteiger partial charge is 0.259 e. The molecule has 4 heteroatoms. The number of aryl methyl sites for hydroxylation is 1. The quantitative estimate of drug-likeness (QED) is 0.694. The summed E-state index contributed by atoms with van der Waals surface area (Å²) in [6.07, 6.45) is 0. The SMILES string of the molecule is COc1ccc(NC(=O)c2ccccc2OCc2ccccc2)c(C)c1. The molecule has 0 aliphatic rings. The van der Waals surface area contributed by atoms with Gasteiger partial charge >= 0.3 is 0 Å². The van der Waals surface area contributed by atoms with E-state index in [2.05, 4.69) is 5.32 Å². The molecule has 0 aromatic heterocycles. The lowest BCUT2D eigenvalue weighted by Crippen LogP contribution is -2.14. The van der Waals surface area contributed by atoms with Gasteiger partial charge in [0, 0.05) is 5.69 Å². The minimum absolute atomic E-state index is 0.207. The minimum atomic E-state index is -0.207. The van der Waals surface area contributed by atoms with Gasteiger partial charge < -0.3 is 14.8 Å². The van der Waals surface area contributed by atoms with Gasteiger partial charge in [0.1, 0.15) is 18.1 Å². The molecule has 4 nitrogen and oxygen atoms in total. The highest BCUT2D eigenvalue weighted by atomic mass is 16.5. The molecule has 0 aliphatic heterocycles. The van der Waals surface area contributed by atoms with Crippen LogP contribution in [0.1, 0.15) is 21.5 Å². The first kappa shape index (κ1) is 17.5. The van der Waals surface area contributed by atoms with Gasteiger partial charge in [-0.1, -0.05) is 42.5 Å². The lowest BCUT2D eigenvalue weighted by atomic mass is 10.1. The molecule has 0 radical (unpaired) electrons. The third kappa shape index (κ3) is 4.22. The summed E-state index contributed by atoms with van der Waals surface area (Å²) in [4.78, 5) is 12.7. The summed E-state index contributed by atoms with van der Waals surface area (Å²) in [6, 6.07) is 22.6. The summed E-state index contributed by atoms with van der Waals surface area (Å²) < 4.78 is 11.1. The Morgan fingerprint density at radius 2 is 1.69 bits per heavy atom. The maximum Gasteiger partial charge on any atom is 0.259 e. The summed E-state index contributed by atoms with van der Waals surface area (Å²) in [5, 5.41) is 2.94. The largest absolute Gasteiger partial charge is 0.497 e. The second kappa shape index (κ2) is 8.21. The summed E-state index contributed by atoms with van der Waals surface area (Å²) >= 11 is 0. The van der Waals surface area contributed by atoms with E-state index < -0.39 is 0 Å². The van der Waals surface area contributed by atoms with Crippen molar-refractivity contribution < 1.29 is 14.3 Å². The number of hydrogen-bond acceptors (Lipinski definition) is 3. The van der Waals surface area contributed by atoms with Crippen molar-refractivity contribution in [1.82, 2.24) is 0 Å². The normalized spacial score (nSPS) is 10.2. The fourth-order valence-electron chi connectivity index (χ4n) is 2.61. The van der Waals surface area contributed by atoms with Crippen LogP contribution in [-0.4, -0.2) is 13.0 Å². The van der Waals surface area contributed by atoms with E-state index in [1.165, 1.54) is 0 Å². The number of methoxy groups -OCH3 is 1. The van der Waals surface area contributed by atoms with Crippen LogP contribution in [0, 0.1) is 6.92 Å². The zero-order valence-corrected chi connectivity index (χ0v) is 14.9. The molecular weight excluding hydrogens is 326 g/mol. The molecule has 0 spiro atoms. The molecule has 0 unspecified atom stereocenters. The van der Waals surface area contributed by atoms with Crippen LogP contribution < -0.4 is 14.8 Å². The molecule has 1 amide bonds. The van der Waals surface area contributed by atoms with E-state index in [0.29, 0.717) is 17.9 Å². The van der Waals surface area contributed by atoms with Gasteiger partial charge in [-0.15, -0.1) is 0 Å². The van der Waals surface area contributed by atoms with Crippen molar-refractivity contribution in [2.75, 3.05) is 12.4 Å². The molecule has 0 bridgehead atoms. The molecule has 0 aliphatic carbocycles. The number of carbonyl (C=O) groups excluding carboxylic acids is 1. The number of amides is 1. The summed E-state index contributed by atoms with van der Waals surface area (Å²) in [5.41, 5.74) is 3.22. The first-order valence-corrected chi connectivity index (χ1v) is 8.39. The van der Waals surface area contributed by atoms with E-state index in [4.69, 9.17) is 9.47 Å². The van der Waals surface area contributed by atoms with E-state index in [1.807, 2.05) is 67.6 Å². The van der Waals surface area contributed by atoms with Gasteiger partial charge in [-0.05, 0) is 48.4 Å². The molecular formula is C22H21NO3. The molecule has 0 fully saturated rings. The van der Waals surface area contributed by atoms with Crippen LogP contribution in [0.4, 0.5) is 5.69 Å². The standard InChI is InChI=1S/C22H21NO3/c1-16-14-18(25-2)12-13-20(16)23-22(24)19-10-6-7-11-21(19)26-15-17-8-4-3-5-9-17/h3-14H,15H2,1-2H3,(H,23,24). The van der Waals surface area contributed by atoms with Crippen molar-refractivity contribution in [1.29, 1.82) is 0 Å². The Labute approximate surface area is 153 Å². The van der Waals surface area contributed by atoms with E-state index in [1.54, 1.807) is 19.2 Å². The second-order valence-corrected chi connectivity index (χ2v) is 5.91. The van der Waals surface area contributed by atoms with E-state index in [0.717, 1.165) is 22.6 Å². The van der Waals surface area contributed by atoms with Crippen molar-refractivity contribution in [2.45, 2.75) is 13.5 Å². The Kier molecular flexibility index (Phi) is 5.54. The van der Waals surface area contributed by atoms with Crippen molar-refractivity contribution >= 4 is 11.6 Å². The maximum atomic E-state index is 12.7. The lowest BCUT2D eigenvalue weighted by molar-refractivity contribution is 0.102. The van der Waals surface area contributed by atoms with E-state index in [9.17, 15) is 4.79 Å². The number of benzene rings is 3. The fourth-order valence-corrected chi connectivity index (χ4v) is 2.61. The molecule has 132 valence electrons. The fraction of sp³-hybridized carbons (Fsp3) is 0.136. The van der Waals surface area contributed by atoms with Gasteiger partial charge in [0.25, 0.3) is 5.91 Å². The highest BCUT2D eigenvalue weighted by Gasteiger charge is 2.13. The van der Waals surface area contributed by atoms with Crippen molar-refractivity contribution in [2.24, 2.45) is 0 Å². The van der Waals surface area contributed by atoms with Gasteiger partial charge in [0.2, 0.25) is 0 Å². The summed E-state index contributed by atoms with van der Waals surface area (Å²) in [5.74, 6) is 1.11. The molecule has 3 aromatic rings. The molecule has 0 saturated heterocycles. The summed E-state index contributed by atoms with van der Waals surface area (Å²) in [6.45, 7) is 2.34. The third-order valence-corrected chi connectivity index (χ3v) is 4.05. The van der Waals surface area contributed by atoms with E-state index >= 15 is 0 Å². The number of nitrogens with one attached hydrogen (secondary N) is 1.